The Kier molecular flexibility index (Phi) is 6.01. The van der Waals surface area contributed by atoms with Gasteiger partial charge in [-0.1, -0.05) is 0 Å². The van der Waals surface area contributed by atoms with E-state index in [0.717, 1.165) is 37.2 Å². The van der Waals surface area contributed by atoms with Crippen molar-refractivity contribution in [3.05, 3.63) is 41.3 Å². The number of pyridine rings is 1. The van der Waals surface area contributed by atoms with Crippen molar-refractivity contribution in [2.24, 2.45) is 11.8 Å². The Bertz CT molecular complexity index is 904. The number of likely N-dealkylation sites (tertiary alicyclic amines) is 2. The second kappa shape index (κ2) is 8.85. The summed E-state index contributed by atoms with van der Waals surface area (Å²) in [6.07, 6.45) is 4.09. The molecule has 2 aliphatic heterocycles. The highest BCUT2D eigenvalue weighted by Gasteiger charge is 2.33. The number of carbonyl (C=O) groups is 2. The Morgan fingerprint density at radius 3 is 2.73 bits per heavy atom. The number of aromatic amines is 1. The van der Waals surface area contributed by atoms with Gasteiger partial charge in [-0.2, -0.15) is 5.10 Å². The SMILES string of the molecule is Cc1ccnc(OCC2CC(=O)N(CC3CCN(C(=O)c4cc(C)[nH]n4)CC3)C2)c1. The number of hydrogen-bond acceptors (Lipinski definition) is 5. The number of aromatic nitrogens is 3. The van der Waals surface area contributed by atoms with Crippen molar-refractivity contribution in [3.8, 4) is 5.88 Å². The zero-order valence-corrected chi connectivity index (χ0v) is 17.6. The summed E-state index contributed by atoms with van der Waals surface area (Å²) in [6, 6.07) is 5.63. The van der Waals surface area contributed by atoms with Gasteiger partial charge in [-0.25, -0.2) is 4.98 Å². The second-order valence-electron chi connectivity index (χ2n) is 8.52. The molecule has 0 bridgehead atoms. The van der Waals surface area contributed by atoms with Crippen LogP contribution in [0, 0.1) is 25.7 Å². The fourth-order valence-electron chi connectivity index (χ4n) is 4.25. The van der Waals surface area contributed by atoms with Crippen LogP contribution in [0.1, 0.15) is 41.0 Å². The van der Waals surface area contributed by atoms with E-state index < -0.39 is 0 Å². The lowest BCUT2D eigenvalue weighted by atomic mass is 9.96. The highest BCUT2D eigenvalue weighted by molar-refractivity contribution is 5.92. The summed E-state index contributed by atoms with van der Waals surface area (Å²) in [4.78, 5) is 33.0. The largest absolute Gasteiger partial charge is 0.477 e. The Labute approximate surface area is 176 Å². The molecule has 0 spiro atoms. The molecule has 2 amide bonds. The maximum absolute atomic E-state index is 12.5. The summed E-state index contributed by atoms with van der Waals surface area (Å²) < 4.78 is 5.80. The van der Waals surface area contributed by atoms with Crippen LogP contribution in [0.5, 0.6) is 5.88 Å². The molecule has 0 saturated carbocycles. The van der Waals surface area contributed by atoms with Crippen molar-refractivity contribution in [2.45, 2.75) is 33.1 Å². The van der Waals surface area contributed by atoms with E-state index in [1.807, 2.05) is 35.8 Å². The van der Waals surface area contributed by atoms with Gasteiger partial charge in [-0.3, -0.25) is 14.7 Å². The number of nitrogens with zero attached hydrogens (tertiary/aromatic N) is 4. The molecule has 2 aliphatic rings. The average Bonchev–Trinajstić information content (AvgIpc) is 3.32. The van der Waals surface area contributed by atoms with Crippen molar-refractivity contribution in [3.63, 3.8) is 0 Å². The van der Waals surface area contributed by atoms with Gasteiger partial charge in [0.25, 0.3) is 5.91 Å². The molecular weight excluding hydrogens is 382 g/mol. The van der Waals surface area contributed by atoms with Crippen LogP contribution < -0.4 is 4.74 Å². The van der Waals surface area contributed by atoms with Crippen molar-refractivity contribution >= 4 is 11.8 Å². The third-order valence-electron chi connectivity index (χ3n) is 5.96. The Morgan fingerprint density at radius 2 is 2.03 bits per heavy atom. The van der Waals surface area contributed by atoms with E-state index in [1.165, 1.54) is 0 Å². The Hall–Kier alpha value is -2.90. The van der Waals surface area contributed by atoms with Crippen molar-refractivity contribution < 1.29 is 14.3 Å². The van der Waals surface area contributed by atoms with Crippen molar-refractivity contribution in [1.82, 2.24) is 25.0 Å². The van der Waals surface area contributed by atoms with Gasteiger partial charge in [0, 0.05) is 56.5 Å². The van der Waals surface area contributed by atoms with Crippen LogP contribution >= 0.6 is 0 Å². The first-order valence-electron chi connectivity index (χ1n) is 10.6. The minimum atomic E-state index is -0.0166. The van der Waals surface area contributed by atoms with E-state index >= 15 is 0 Å². The fourth-order valence-corrected chi connectivity index (χ4v) is 4.25. The molecule has 2 saturated heterocycles. The third kappa shape index (κ3) is 4.80. The monoisotopic (exact) mass is 411 g/mol. The van der Waals surface area contributed by atoms with E-state index in [0.29, 0.717) is 43.6 Å². The summed E-state index contributed by atoms with van der Waals surface area (Å²) in [5.74, 6) is 1.43. The molecular formula is C22H29N5O3. The van der Waals surface area contributed by atoms with Gasteiger partial charge < -0.3 is 14.5 Å². The van der Waals surface area contributed by atoms with E-state index in [-0.39, 0.29) is 17.7 Å². The maximum atomic E-state index is 12.5. The summed E-state index contributed by atoms with van der Waals surface area (Å²) in [7, 11) is 0. The fraction of sp³-hybridized carbons (Fsp3) is 0.545. The molecule has 160 valence electrons. The van der Waals surface area contributed by atoms with Crippen LogP contribution in [0.25, 0.3) is 0 Å². The molecule has 1 unspecified atom stereocenters. The van der Waals surface area contributed by atoms with E-state index in [9.17, 15) is 9.59 Å². The second-order valence-corrected chi connectivity index (χ2v) is 8.52. The number of ether oxygens (including phenoxy) is 1. The van der Waals surface area contributed by atoms with Crippen LogP contribution in [-0.4, -0.2) is 69.6 Å². The molecule has 4 rings (SSSR count). The maximum Gasteiger partial charge on any atom is 0.274 e. The molecule has 8 nitrogen and oxygen atoms in total. The number of rotatable bonds is 6. The molecule has 0 radical (unpaired) electrons. The van der Waals surface area contributed by atoms with E-state index in [2.05, 4.69) is 15.2 Å². The average molecular weight is 412 g/mol. The van der Waals surface area contributed by atoms with E-state index in [4.69, 9.17) is 4.74 Å². The molecule has 30 heavy (non-hydrogen) atoms. The highest BCUT2D eigenvalue weighted by atomic mass is 16.5. The Morgan fingerprint density at radius 1 is 1.23 bits per heavy atom. The smallest absolute Gasteiger partial charge is 0.274 e. The molecule has 8 heteroatoms. The van der Waals surface area contributed by atoms with Crippen LogP contribution in [0.2, 0.25) is 0 Å². The number of piperidine rings is 1. The summed E-state index contributed by atoms with van der Waals surface area (Å²) in [6.45, 7) is 7.32. The topological polar surface area (TPSA) is 91.4 Å². The van der Waals surface area contributed by atoms with Crippen LogP contribution in [0.3, 0.4) is 0 Å². The van der Waals surface area contributed by atoms with Crippen LogP contribution in [0.15, 0.2) is 24.4 Å². The number of aryl methyl sites for hydroxylation is 2. The minimum Gasteiger partial charge on any atom is -0.477 e. The number of amides is 2. The molecule has 2 aromatic heterocycles. The van der Waals surface area contributed by atoms with Gasteiger partial charge in [0.2, 0.25) is 11.8 Å². The number of hydrogen-bond donors (Lipinski definition) is 1. The summed E-state index contributed by atoms with van der Waals surface area (Å²) in [5, 5.41) is 6.89. The summed E-state index contributed by atoms with van der Waals surface area (Å²) >= 11 is 0. The van der Waals surface area contributed by atoms with Crippen molar-refractivity contribution in [1.29, 1.82) is 0 Å². The standard InChI is InChI=1S/C22H29N5O3/c1-15-3-6-23-20(9-15)30-14-18-11-21(28)27(13-18)12-17-4-7-26(8-5-17)22(29)19-10-16(2)24-25-19/h3,6,9-10,17-18H,4-5,7-8,11-14H2,1-2H3,(H,24,25). The number of nitrogens with one attached hydrogen (secondary N) is 1. The molecule has 2 aromatic rings. The minimum absolute atomic E-state index is 0.0166. The van der Waals surface area contributed by atoms with Gasteiger partial charge in [0.1, 0.15) is 5.69 Å². The molecule has 1 N–H and O–H groups in total. The lowest BCUT2D eigenvalue weighted by molar-refractivity contribution is -0.128. The first-order chi connectivity index (χ1) is 14.5. The Balaban J connectivity index is 1.22. The molecule has 2 fully saturated rings. The summed E-state index contributed by atoms with van der Waals surface area (Å²) in [5.41, 5.74) is 2.47. The normalized spacial score (nSPS) is 20.1. The zero-order chi connectivity index (χ0) is 21.1. The first kappa shape index (κ1) is 20.4. The van der Waals surface area contributed by atoms with E-state index in [1.54, 1.807) is 12.3 Å². The molecule has 0 aliphatic carbocycles. The van der Waals surface area contributed by atoms with Crippen LogP contribution in [-0.2, 0) is 4.79 Å². The number of carbonyl (C=O) groups excluding carboxylic acids is 2. The third-order valence-corrected chi connectivity index (χ3v) is 5.96. The zero-order valence-electron chi connectivity index (χ0n) is 17.6. The van der Waals surface area contributed by atoms with Crippen molar-refractivity contribution in [2.75, 3.05) is 32.8 Å². The lowest BCUT2D eigenvalue weighted by Crippen LogP contribution is -2.42. The predicted molar refractivity (Wildman–Crippen MR) is 111 cm³/mol. The van der Waals surface area contributed by atoms with Gasteiger partial charge >= 0.3 is 0 Å². The first-order valence-corrected chi connectivity index (χ1v) is 10.6. The lowest BCUT2D eigenvalue weighted by Gasteiger charge is -2.33. The van der Waals surface area contributed by atoms with Gasteiger partial charge in [0.05, 0.1) is 6.61 Å². The molecule has 4 heterocycles. The molecule has 0 aromatic carbocycles. The van der Waals surface area contributed by atoms with Gasteiger partial charge in [-0.05, 0) is 50.3 Å². The molecule has 1 atom stereocenters. The predicted octanol–water partition coefficient (Wildman–Crippen LogP) is 2.20. The van der Waals surface area contributed by atoms with Gasteiger partial charge in [-0.15, -0.1) is 0 Å². The quantitative estimate of drug-likeness (QED) is 0.787. The highest BCUT2D eigenvalue weighted by Crippen LogP contribution is 2.25. The van der Waals surface area contributed by atoms with Crippen LogP contribution in [0.4, 0.5) is 0 Å². The number of H-pyrrole nitrogens is 1. The van der Waals surface area contributed by atoms with Gasteiger partial charge in [0.15, 0.2) is 0 Å².